The van der Waals surface area contributed by atoms with Gasteiger partial charge in [0.2, 0.25) is 5.89 Å². The van der Waals surface area contributed by atoms with Crippen molar-refractivity contribution >= 4 is 5.91 Å². The van der Waals surface area contributed by atoms with E-state index in [-0.39, 0.29) is 11.9 Å². The maximum atomic E-state index is 12.9. The van der Waals surface area contributed by atoms with Gasteiger partial charge in [-0.25, -0.2) is 0 Å². The van der Waals surface area contributed by atoms with Crippen LogP contribution in [0.4, 0.5) is 0 Å². The molecule has 7 nitrogen and oxygen atoms in total. The quantitative estimate of drug-likeness (QED) is 0.901. The zero-order valence-electron chi connectivity index (χ0n) is 14.3. The number of hydrogen-bond acceptors (Lipinski definition) is 6. The summed E-state index contributed by atoms with van der Waals surface area (Å²) in [5.74, 6) is 1.72. The Balaban J connectivity index is 1.48. The number of amides is 1. The van der Waals surface area contributed by atoms with Crippen molar-refractivity contribution in [3.63, 3.8) is 0 Å². The molecule has 1 aromatic rings. The molecule has 2 saturated carbocycles. The van der Waals surface area contributed by atoms with Crippen molar-refractivity contribution in [1.82, 2.24) is 19.9 Å². The smallest absolute Gasteiger partial charge is 0.254 e. The van der Waals surface area contributed by atoms with E-state index in [1.807, 2.05) is 7.05 Å². The van der Waals surface area contributed by atoms with E-state index in [4.69, 9.17) is 4.52 Å². The van der Waals surface area contributed by atoms with E-state index in [2.05, 4.69) is 15.0 Å². The van der Waals surface area contributed by atoms with Gasteiger partial charge < -0.3 is 14.5 Å². The molecule has 0 bridgehead atoms. The van der Waals surface area contributed by atoms with Crippen LogP contribution in [0, 0.1) is 0 Å². The second-order valence-electron chi connectivity index (χ2n) is 7.60. The molecule has 2 heterocycles. The molecule has 3 aliphatic rings. The third kappa shape index (κ3) is 2.95. The lowest BCUT2D eigenvalue weighted by atomic mass is 9.83. The Morgan fingerprint density at radius 1 is 1.25 bits per heavy atom. The molecule has 7 heteroatoms. The zero-order chi connectivity index (χ0) is 16.7. The molecule has 1 aromatic heterocycles. The van der Waals surface area contributed by atoms with Gasteiger partial charge in [-0.15, -0.1) is 0 Å². The van der Waals surface area contributed by atoms with Gasteiger partial charge in [-0.1, -0.05) is 24.4 Å². The maximum Gasteiger partial charge on any atom is 0.254 e. The average Bonchev–Trinajstić information content (AvgIpc) is 3.33. The predicted octanol–water partition coefficient (Wildman–Crippen LogP) is 1.46. The minimum Gasteiger partial charge on any atom is -0.380 e. The van der Waals surface area contributed by atoms with Crippen LogP contribution in [0.25, 0.3) is 0 Å². The molecule has 0 unspecified atom stereocenters. The number of nitrogens with zero attached hydrogens (tertiary/aromatic N) is 4. The molecule has 1 amide bonds. The average molecular weight is 334 g/mol. The van der Waals surface area contributed by atoms with Crippen molar-refractivity contribution in [2.75, 3.05) is 26.7 Å². The van der Waals surface area contributed by atoms with Gasteiger partial charge in [-0.3, -0.25) is 9.69 Å². The van der Waals surface area contributed by atoms with Crippen molar-refractivity contribution in [2.45, 2.75) is 62.5 Å². The van der Waals surface area contributed by atoms with Gasteiger partial charge in [0.15, 0.2) is 5.82 Å². The summed E-state index contributed by atoms with van der Waals surface area (Å²) < 4.78 is 5.47. The monoisotopic (exact) mass is 334 g/mol. The van der Waals surface area contributed by atoms with Crippen molar-refractivity contribution in [3.8, 4) is 0 Å². The highest BCUT2D eigenvalue weighted by Gasteiger charge is 2.43. The number of rotatable bonds is 3. The van der Waals surface area contributed by atoms with Crippen LogP contribution < -0.4 is 0 Å². The van der Waals surface area contributed by atoms with Crippen molar-refractivity contribution in [2.24, 2.45) is 0 Å². The minimum absolute atomic E-state index is 0.0881. The molecule has 1 atom stereocenters. The summed E-state index contributed by atoms with van der Waals surface area (Å²) >= 11 is 0. The fourth-order valence-corrected chi connectivity index (χ4v) is 3.86. The van der Waals surface area contributed by atoms with E-state index < -0.39 is 5.60 Å². The van der Waals surface area contributed by atoms with Gasteiger partial charge in [-0.2, -0.15) is 4.98 Å². The Bertz CT molecular complexity index is 607. The predicted molar refractivity (Wildman–Crippen MR) is 86.3 cm³/mol. The van der Waals surface area contributed by atoms with E-state index in [0.29, 0.717) is 37.7 Å². The van der Waals surface area contributed by atoms with Crippen LogP contribution in [0.3, 0.4) is 0 Å². The Kier molecular flexibility index (Phi) is 4.08. The molecule has 1 aliphatic heterocycles. The summed E-state index contributed by atoms with van der Waals surface area (Å²) in [6, 6.07) is -0.0881. The Morgan fingerprint density at radius 3 is 2.71 bits per heavy atom. The highest BCUT2D eigenvalue weighted by atomic mass is 16.5. The number of piperazine rings is 1. The van der Waals surface area contributed by atoms with E-state index in [9.17, 15) is 9.90 Å². The molecule has 0 radical (unpaired) electrons. The second-order valence-corrected chi connectivity index (χ2v) is 7.60. The second kappa shape index (κ2) is 6.11. The number of aromatic nitrogens is 2. The molecule has 24 heavy (non-hydrogen) atoms. The molecule has 4 rings (SSSR count). The zero-order valence-corrected chi connectivity index (χ0v) is 14.3. The first kappa shape index (κ1) is 16.0. The number of hydrogen-bond donors (Lipinski definition) is 1. The van der Waals surface area contributed by atoms with Gasteiger partial charge >= 0.3 is 0 Å². The fourth-order valence-electron chi connectivity index (χ4n) is 3.86. The van der Waals surface area contributed by atoms with Gasteiger partial charge in [0.25, 0.3) is 5.91 Å². The highest BCUT2D eigenvalue weighted by Crippen LogP contribution is 2.39. The van der Waals surface area contributed by atoms with Crippen LogP contribution in [-0.2, 0) is 4.79 Å². The van der Waals surface area contributed by atoms with Crippen molar-refractivity contribution < 1.29 is 14.4 Å². The maximum absolute atomic E-state index is 12.9. The van der Waals surface area contributed by atoms with Gasteiger partial charge in [0, 0.05) is 25.6 Å². The molecule has 1 N–H and O–H groups in total. The molecular formula is C17H26N4O3. The van der Waals surface area contributed by atoms with E-state index in [1.54, 1.807) is 4.90 Å². The third-order valence-electron chi connectivity index (χ3n) is 5.70. The largest absolute Gasteiger partial charge is 0.380 e. The summed E-state index contributed by atoms with van der Waals surface area (Å²) in [4.78, 5) is 21.4. The summed E-state index contributed by atoms with van der Waals surface area (Å²) in [6.07, 6.45) is 6.38. The van der Waals surface area contributed by atoms with Crippen molar-refractivity contribution in [1.29, 1.82) is 0 Å². The Hall–Kier alpha value is -1.47. The molecule has 132 valence electrons. The summed E-state index contributed by atoms with van der Waals surface area (Å²) in [5, 5.41) is 14.8. The highest BCUT2D eigenvalue weighted by molar-refractivity contribution is 5.85. The van der Waals surface area contributed by atoms with Crippen LogP contribution in [0.2, 0.25) is 0 Å². The number of carbonyl (C=O) groups is 1. The normalized spacial score (nSPS) is 28.1. The summed E-state index contributed by atoms with van der Waals surface area (Å²) in [5.41, 5.74) is -1.17. The third-order valence-corrected chi connectivity index (χ3v) is 5.70. The number of likely N-dealkylation sites (N-methyl/N-ethyl adjacent to an activating group) is 1. The number of carbonyl (C=O) groups excluding carboxylic acids is 1. The standard InChI is InChI=1S/C17H26N4O3/c1-20-9-10-21(16(22)17(23)7-3-2-4-8-17)11-13(20)15-18-14(19-24-15)12-5-6-12/h12-13,23H,2-11H2,1H3/t13-/m1/s1. The van der Waals surface area contributed by atoms with Crippen LogP contribution in [0.1, 0.15) is 68.6 Å². The first-order valence-corrected chi connectivity index (χ1v) is 9.12. The fraction of sp³-hybridized carbons (Fsp3) is 0.824. The molecule has 1 saturated heterocycles. The van der Waals surface area contributed by atoms with Gasteiger partial charge in [0.1, 0.15) is 11.6 Å². The van der Waals surface area contributed by atoms with E-state index in [1.165, 1.54) is 0 Å². The summed E-state index contributed by atoms with van der Waals surface area (Å²) in [6.45, 7) is 1.88. The van der Waals surface area contributed by atoms with Crippen LogP contribution >= 0.6 is 0 Å². The molecule has 0 spiro atoms. The van der Waals surface area contributed by atoms with E-state index in [0.717, 1.165) is 44.5 Å². The first-order chi connectivity index (χ1) is 11.6. The SMILES string of the molecule is CN1CCN(C(=O)C2(O)CCCCC2)C[C@@H]1c1nc(C2CC2)no1. The molecule has 2 aliphatic carbocycles. The van der Waals surface area contributed by atoms with Crippen LogP contribution in [0.5, 0.6) is 0 Å². The minimum atomic E-state index is -1.17. The van der Waals surface area contributed by atoms with Crippen LogP contribution in [-0.4, -0.2) is 63.2 Å². The molecular weight excluding hydrogens is 308 g/mol. The van der Waals surface area contributed by atoms with Crippen LogP contribution in [0.15, 0.2) is 4.52 Å². The first-order valence-electron chi connectivity index (χ1n) is 9.12. The summed E-state index contributed by atoms with van der Waals surface area (Å²) in [7, 11) is 2.02. The number of aliphatic hydroxyl groups is 1. The lowest BCUT2D eigenvalue weighted by Gasteiger charge is -2.42. The van der Waals surface area contributed by atoms with E-state index >= 15 is 0 Å². The molecule has 3 fully saturated rings. The van der Waals surface area contributed by atoms with Gasteiger partial charge in [0.05, 0.1) is 0 Å². The lowest BCUT2D eigenvalue weighted by molar-refractivity contribution is -0.157. The Morgan fingerprint density at radius 2 is 2.00 bits per heavy atom. The van der Waals surface area contributed by atoms with Crippen molar-refractivity contribution in [3.05, 3.63) is 11.7 Å². The van der Waals surface area contributed by atoms with Gasteiger partial charge in [-0.05, 0) is 32.7 Å². The molecule has 0 aromatic carbocycles. The Labute approximate surface area is 142 Å². The topological polar surface area (TPSA) is 82.7 Å². The lowest BCUT2D eigenvalue weighted by Crippen LogP contribution is -2.56.